The van der Waals surface area contributed by atoms with Gasteiger partial charge in [0, 0.05) is 0 Å². The second-order valence-electron chi connectivity index (χ2n) is 4.78. The first-order valence-electron chi connectivity index (χ1n) is 7.03. The van der Waals surface area contributed by atoms with E-state index in [0.29, 0.717) is 0 Å². The minimum absolute atomic E-state index is 0.0734. The van der Waals surface area contributed by atoms with Crippen molar-refractivity contribution in [3.63, 3.8) is 0 Å². The van der Waals surface area contributed by atoms with Crippen LogP contribution in [0.3, 0.4) is 0 Å². The molecule has 8 heteroatoms. The second-order valence-corrected chi connectivity index (χ2v) is 11.1. The van der Waals surface area contributed by atoms with Crippen LogP contribution in [-0.4, -0.2) is 13.4 Å². The average Bonchev–Trinajstić information content (AvgIpc) is 2.62. The topological polar surface area (TPSA) is 56.3 Å². The van der Waals surface area contributed by atoms with E-state index in [-0.39, 0.29) is 12.0 Å². The molecule has 0 atom stereocenters. The molecule has 4 nitrogen and oxygen atoms in total. The van der Waals surface area contributed by atoms with E-state index in [1.807, 2.05) is 0 Å². The van der Waals surface area contributed by atoms with Gasteiger partial charge in [0.05, 0.1) is 0 Å². The van der Waals surface area contributed by atoms with E-state index in [1.54, 1.807) is 12.1 Å². The van der Waals surface area contributed by atoms with Gasteiger partial charge in [-0.15, -0.1) is 0 Å². The molecule has 0 unspecified atom stereocenters. The normalized spacial score (nSPS) is 12.0. The molecule has 0 bridgehead atoms. The van der Waals surface area contributed by atoms with E-state index in [1.165, 1.54) is 54.7 Å². The summed E-state index contributed by atoms with van der Waals surface area (Å²) >= 11 is -3.41. The molecule has 0 saturated heterocycles. The number of halogens is 3. The van der Waals surface area contributed by atoms with Gasteiger partial charge in [-0.05, 0) is 0 Å². The Kier molecular flexibility index (Phi) is 5.40. The third-order valence-electron chi connectivity index (χ3n) is 3.09. The Morgan fingerprint density at radius 3 is 1.88 bits per heavy atom. The van der Waals surface area contributed by atoms with Gasteiger partial charge in [0.15, 0.2) is 0 Å². The molecule has 0 spiro atoms. The first-order chi connectivity index (χ1) is 12.0. The predicted molar refractivity (Wildman–Crippen MR) is 96.7 cm³/mol. The Labute approximate surface area is 151 Å². The summed E-state index contributed by atoms with van der Waals surface area (Å²) in [5.74, 6) is -1.25. The summed E-state index contributed by atoms with van der Waals surface area (Å²) < 4.78 is 59.1. The molecule has 0 amide bonds. The van der Waals surface area contributed by atoms with E-state index in [0.717, 1.165) is 6.20 Å². The summed E-state index contributed by atoms with van der Waals surface area (Å²) in [6, 6.07) is 14.1. The zero-order valence-electron chi connectivity index (χ0n) is 12.6. The second kappa shape index (κ2) is 7.54. The number of aromatic nitrogens is 1. The van der Waals surface area contributed by atoms with E-state index >= 15 is 0 Å². The molecule has 0 N–H and O–H groups in total. The molecule has 3 aromatic rings. The van der Waals surface area contributed by atoms with Crippen molar-refractivity contribution in [1.29, 1.82) is 0 Å². The number of pyridine rings is 1. The molecule has 0 fully saturated rings. The Bertz CT molecular complexity index is 938. The Morgan fingerprint density at radius 1 is 0.840 bits per heavy atom. The van der Waals surface area contributed by atoms with Crippen molar-refractivity contribution < 1.29 is 19.7 Å². The standard InChI is InChI=1S/C17H12F2INO3S/c18-14-7-1-3-9-16(14)20(17-10-4-2-8-15(17)19)24-25(22,23)13-6-5-11-21-12-13/h1-12H. The number of hydrogen-bond acceptors (Lipinski definition) is 4. The third-order valence-corrected chi connectivity index (χ3v) is 10.6. The van der Waals surface area contributed by atoms with Gasteiger partial charge in [0.1, 0.15) is 0 Å². The molecule has 1 heterocycles. The van der Waals surface area contributed by atoms with Crippen molar-refractivity contribution in [3.8, 4) is 0 Å². The fourth-order valence-corrected chi connectivity index (χ4v) is 8.95. The number of benzene rings is 2. The average molecular weight is 475 g/mol. The summed E-state index contributed by atoms with van der Waals surface area (Å²) in [6.45, 7) is 0. The molecule has 0 aliphatic carbocycles. The van der Waals surface area contributed by atoms with Crippen LogP contribution in [-0.2, 0) is 12.6 Å². The van der Waals surface area contributed by atoms with Crippen LogP contribution < -0.4 is 0 Å². The minimum atomic E-state index is -4.22. The zero-order valence-corrected chi connectivity index (χ0v) is 15.6. The van der Waals surface area contributed by atoms with Gasteiger partial charge in [-0.25, -0.2) is 0 Å². The monoisotopic (exact) mass is 475 g/mol. The molecule has 3 rings (SSSR count). The van der Waals surface area contributed by atoms with Crippen LogP contribution >= 0.6 is 20.2 Å². The van der Waals surface area contributed by atoms with Crippen LogP contribution in [0.2, 0.25) is 0 Å². The molecule has 2 aromatic carbocycles. The first kappa shape index (κ1) is 17.9. The molecule has 1 aromatic heterocycles. The molecule has 0 aliphatic rings. The SMILES string of the molecule is O=S(=O)(OI(c1ccccc1F)c1ccccc1F)c1cccnc1. The van der Waals surface area contributed by atoms with Crippen LogP contribution in [0.5, 0.6) is 0 Å². The van der Waals surface area contributed by atoms with Crippen molar-refractivity contribution in [2.75, 3.05) is 0 Å². The van der Waals surface area contributed by atoms with Crippen LogP contribution in [0.4, 0.5) is 8.78 Å². The maximum absolute atomic E-state index is 14.3. The van der Waals surface area contributed by atoms with E-state index in [9.17, 15) is 17.2 Å². The molecule has 25 heavy (non-hydrogen) atoms. The number of nitrogens with zero attached hydrogens (tertiary/aromatic N) is 1. The molecular weight excluding hydrogens is 463 g/mol. The Balaban J connectivity index is 2.10. The number of hydrogen-bond donors (Lipinski definition) is 0. The molecule has 0 aliphatic heterocycles. The van der Waals surface area contributed by atoms with Gasteiger partial charge in [-0.1, -0.05) is 0 Å². The Hall–Kier alpha value is -1.91. The summed E-state index contributed by atoms with van der Waals surface area (Å²) in [5, 5.41) is 0. The maximum atomic E-state index is 14.3. The van der Waals surface area contributed by atoms with Gasteiger partial charge in [-0.3, -0.25) is 0 Å². The van der Waals surface area contributed by atoms with Gasteiger partial charge in [-0.2, -0.15) is 0 Å². The van der Waals surface area contributed by atoms with E-state index < -0.39 is 42.0 Å². The molecule has 0 radical (unpaired) electrons. The quantitative estimate of drug-likeness (QED) is 0.519. The van der Waals surface area contributed by atoms with Crippen LogP contribution in [0.1, 0.15) is 0 Å². The van der Waals surface area contributed by atoms with Crippen molar-refractivity contribution >= 4 is 30.4 Å². The van der Waals surface area contributed by atoms with Crippen molar-refractivity contribution in [2.45, 2.75) is 4.90 Å². The summed E-state index contributed by atoms with van der Waals surface area (Å²) in [6.07, 6.45) is 2.55. The predicted octanol–water partition coefficient (Wildman–Crippen LogP) is 4.23. The van der Waals surface area contributed by atoms with Crippen molar-refractivity contribution in [1.82, 2.24) is 4.98 Å². The van der Waals surface area contributed by atoms with Gasteiger partial charge in [0.25, 0.3) is 0 Å². The Morgan fingerprint density at radius 2 is 1.40 bits per heavy atom. The molecule has 0 saturated carbocycles. The number of rotatable bonds is 5. The summed E-state index contributed by atoms with van der Waals surface area (Å²) in [5.41, 5.74) is 0. The van der Waals surface area contributed by atoms with Gasteiger partial charge >= 0.3 is 152 Å². The van der Waals surface area contributed by atoms with E-state index in [2.05, 4.69) is 4.98 Å². The van der Waals surface area contributed by atoms with Gasteiger partial charge < -0.3 is 0 Å². The zero-order chi connectivity index (χ0) is 17.9. The van der Waals surface area contributed by atoms with Crippen LogP contribution in [0.25, 0.3) is 0 Å². The fourth-order valence-electron chi connectivity index (χ4n) is 1.95. The van der Waals surface area contributed by atoms with Crippen LogP contribution in [0, 0.1) is 18.8 Å². The molecule has 130 valence electrons. The third kappa shape index (κ3) is 4.02. The summed E-state index contributed by atoms with van der Waals surface area (Å²) in [7, 11) is -4.22. The van der Waals surface area contributed by atoms with Crippen LogP contribution in [0.15, 0.2) is 78.0 Å². The summed E-state index contributed by atoms with van der Waals surface area (Å²) in [4.78, 5) is 3.59. The van der Waals surface area contributed by atoms with E-state index in [4.69, 9.17) is 2.51 Å². The first-order valence-corrected chi connectivity index (χ1v) is 11.5. The fraction of sp³-hybridized carbons (Fsp3) is 0. The van der Waals surface area contributed by atoms with Gasteiger partial charge in [0.2, 0.25) is 0 Å². The van der Waals surface area contributed by atoms with Crippen molar-refractivity contribution in [2.24, 2.45) is 0 Å². The molecular formula is C17H12F2INO3S. The van der Waals surface area contributed by atoms with Crippen molar-refractivity contribution in [3.05, 3.63) is 91.8 Å².